The number of nitrogens with two attached hydrogens (primary N) is 2. The first-order valence-electron chi connectivity index (χ1n) is 16.3. The zero-order valence-electron chi connectivity index (χ0n) is 26.4. The standard InChI is InChI=1S/C36H45FN4O3/c1-36(2,3)27-7-4-25(5-8-27)33-20-26(6-9-34(33)44-31-10-13-39-24-31)35(42)41-16-11-30(12-17-41)43-32-22-28(37)21-29(23-32)40-18-14-38-15-19-40/h4-9,20-23,30-31,38-39H,10-19,24H2,1-3H3/p+2/t31-/m0/s1. The number of piperidine rings is 1. The highest BCUT2D eigenvalue weighted by atomic mass is 19.1. The summed E-state index contributed by atoms with van der Waals surface area (Å²) in [4.78, 5) is 17.9. The number of hydrogen-bond donors (Lipinski definition) is 2. The molecule has 3 heterocycles. The van der Waals surface area contributed by atoms with E-state index in [1.165, 1.54) is 11.6 Å². The van der Waals surface area contributed by atoms with E-state index in [4.69, 9.17) is 9.47 Å². The molecule has 6 rings (SSSR count). The first-order valence-corrected chi connectivity index (χ1v) is 16.3. The molecule has 3 aromatic carbocycles. The molecule has 0 saturated carbocycles. The van der Waals surface area contributed by atoms with Crippen LogP contribution in [0.3, 0.4) is 0 Å². The molecule has 0 aliphatic carbocycles. The number of benzene rings is 3. The molecule has 3 aromatic rings. The van der Waals surface area contributed by atoms with Crippen LogP contribution in [0.15, 0.2) is 60.7 Å². The first kappa shape index (κ1) is 30.4. The highest BCUT2D eigenvalue weighted by Crippen LogP contribution is 2.35. The molecule has 3 fully saturated rings. The maximum Gasteiger partial charge on any atom is 0.253 e. The number of rotatable bonds is 7. The second kappa shape index (κ2) is 13.2. The normalized spacial score (nSPS) is 19.7. The average Bonchev–Trinajstić information content (AvgIpc) is 3.54. The lowest BCUT2D eigenvalue weighted by Crippen LogP contribution is -2.89. The van der Waals surface area contributed by atoms with Crippen molar-refractivity contribution in [3.8, 4) is 22.6 Å². The fraction of sp³-hybridized carbons (Fsp3) is 0.472. The molecule has 0 radical (unpaired) electrons. The van der Waals surface area contributed by atoms with Crippen LogP contribution in [0.25, 0.3) is 11.1 Å². The van der Waals surface area contributed by atoms with Crippen LogP contribution in [0.2, 0.25) is 0 Å². The number of piperazine rings is 1. The van der Waals surface area contributed by atoms with Crippen LogP contribution in [0.1, 0.15) is 56.0 Å². The van der Waals surface area contributed by atoms with E-state index in [1.807, 2.05) is 29.2 Å². The second-order valence-electron chi connectivity index (χ2n) is 13.5. The van der Waals surface area contributed by atoms with Gasteiger partial charge >= 0.3 is 0 Å². The summed E-state index contributed by atoms with van der Waals surface area (Å²) in [5.41, 5.74) is 4.88. The smallest absolute Gasteiger partial charge is 0.253 e. The molecule has 0 unspecified atom stereocenters. The average molecular weight is 603 g/mol. The molecule has 4 N–H and O–H groups in total. The monoisotopic (exact) mass is 602 g/mol. The molecule has 1 atom stereocenters. The van der Waals surface area contributed by atoms with Crippen molar-refractivity contribution in [2.45, 2.75) is 57.7 Å². The minimum Gasteiger partial charge on any atom is -0.490 e. The largest absolute Gasteiger partial charge is 0.490 e. The Kier molecular flexibility index (Phi) is 9.10. The predicted octanol–water partition coefficient (Wildman–Crippen LogP) is 3.57. The minimum atomic E-state index is -0.276. The Morgan fingerprint density at radius 3 is 2.25 bits per heavy atom. The number of likely N-dealkylation sites (tertiary alicyclic amines) is 1. The Bertz CT molecular complexity index is 1430. The third-order valence-electron chi connectivity index (χ3n) is 9.16. The molecule has 8 heteroatoms. The number of nitrogens with zero attached hydrogens (tertiary/aromatic N) is 2. The Morgan fingerprint density at radius 2 is 1.57 bits per heavy atom. The maximum atomic E-state index is 14.5. The van der Waals surface area contributed by atoms with Gasteiger partial charge in [-0.3, -0.25) is 4.79 Å². The van der Waals surface area contributed by atoms with Crippen LogP contribution in [0.4, 0.5) is 10.1 Å². The van der Waals surface area contributed by atoms with Crippen molar-refractivity contribution in [1.82, 2.24) is 4.90 Å². The van der Waals surface area contributed by atoms with E-state index in [0.717, 1.165) is 68.3 Å². The Balaban J connectivity index is 1.14. The molecule has 3 aliphatic rings. The molecule has 234 valence electrons. The van der Waals surface area contributed by atoms with Gasteiger partial charge in [-0.1, -0.05) is 45.0 Å². The summed E-state index contributed by atoms with van der Waals surface area (Å²) in [7, 11) is 0. The van der Waals surface area contributed by atoms with Gasteiger partial charge in [-0.05, 0) is 40.8 Å². The van der Waals surface area contributed by atoms with E-state index in [2.05, 4.69) is 60.6 Å². The summed E-state index contributed by atoms with van der Waals surface area (Å²) in [6, 6.07) is 19.5. The van der Waals surface area contributed by atoms with Gasteiger partial charge in [-0.25, -0.2) is 4.39 Å². The number of amides is 1. The van der Waals surface area contributed by atoms with E-state index in [-0.39, 0.29) is 29.3 Å². The van der Waals surface area contributed by atoms with Gasteiger partial charge in [-0.15, -0.1) is 0 Å². The number of halogens is 1. The molecule has 0 spiro atoms. The van der Waals surface area contributed by atoms with E-state index in [9.17, 15) is 9.18 Å². The fourth-order valence-electron chi connectivity index (χ4n) is 6.51. The fourth-order valence-corrected chi connectivity index (χ4v) is 6.51. The summed E-state index contributed by atoms with van der Waals surface area (Å²) in [5.74, 6) is 1.14. The topological polar surface area (TPSA) is 75.2 Å². The third-order valence-corrected chi connectivity index (χ3v) is 9.16. The molecule has 3 aliphatic heterocycles. The van der Waals surface area contributed by atoms with Crippen LogP contribution in [-0.4, -0.2) is 75.4 Å². The number of carbonyl (C=O) groups is 1. The first-order chi connectivity index (χ1) is 21.2. The van der Waals surface area contributed by atoms with Crippen LogP contribution >= 0.6 is 0 Å². The Morgan fingerprint density at radius 1 is 0.818 bits per heavy atom. The number of ether oxygens (including phenoxy) is 2. The molecule has 44 heavy (non-hydrogen) atoms. The van der Waals surface area contributed by atoms with Gasteiger partial charge in [0.2, 0.25) is 0 Å². The number of carbonyl (C=O) groups excluding carboxylic acids is 1. The van der Waals surface area contributed by atoms with Crippen molar-refractivity contribution in [3.63, 3.8) is 0 Å². The molecular weight excluding hydrogens is 555 g/mol. The van der Waals surface area contributed by atoms with Gasteiger partial charge < -0.3 is 29.9 Å². The van der Waals surface area contributed by atoms with E-state index in [0.29, 0.717) is 37.2 Å². The highest BCUT2D eigenvalue weighted by molar-refractivity contribution is 5.96. The van der Waals surface area contributed by atoms with Gasteiger partial charge in [0, 0.05) is 61.3 Å². The van der Waals surface area contributed by atoms with Gasteiger partial charge in [0.25, 0.3) is 5.91 Å². The van der Waals surface area contributed by atoms with Crippen LogP contribution < -0.4 is 25.0 Å². The summed E-state index contributed by atoms with van der Waals surface area (Å²) in [6.45, 7) is 13.7. The van der Waals surface area contributed by atoms with Gasteiger partial charge in [0.05, 0.1) is 32.7 Å². The summed E-state index contributed by atoms with van der Waals surface area (Å²) in [6.07, 6.45) is 2.55. The number of quaternary nitrogens is 2. The minimum absolute atomic E-state index is 0.0201. The van der Waals surface area contributed by atoms with E-state index in [1.54, 1.807) is 6.07 Å². The summed E-state index contributed by atoms with van der Waals surface area (Å²) >= 11 is 0. The lowest BCUT2D eigenvalue weighted by Gasteiger charge is -2.33. The van der Waals surface area contributed by atoms with Crippen molar-refractivity contribution in [1.29, 1.82) is 0 Å². The lowest BCUT2D eigenvalue weighted by atomic mass is 9.86. The zero-order chi connectivity index (χ0) is 30.7. The van der Waals surface area contributed by atoms with Gasteiger partial charge in [0.1, 0.15) is 30.0 Å². The van der Waals surface area contributed by atoms with Gasteiger partial charge in [0.15, 0.2) is 6.10 Å². The number of anilines is 1. The van der Waals surface area contributed by atoms with Crippen molar-refractivity contribution in [2.75, 3.05) is 57.3 Å². The van der Waals surface area contributed by atoms with Crippen molar-refractivity contribution in [3.05, 3.63) is 77.6 Å². The molecule has 3 saturated heterocycles. The lowest BCUT2D eigenvalue weighted by molar-refractivity contribution is -0.655. The van der Waals surface area contributed by atoms with Crippen LogP contribution in [0, 0.1) is 5.82 Å². The molecule has 7 nitrogen and oxygen atoms in total. The Labute approximate surface area is 260 Å². The summed E-state index contributed by atoms with van der Waals surface area (Å²) in [5, 5.41) is 4.57. The quantitative estimate of drug-likeness (QED) is 0.434. The van der Waals surface area contributed by atoms with Crippen molar-refractivity contribution in [2.24, 2.45) is 0 Å². The van der Waals surface area contributed by atoms with E-state index < -0.39 is 0 Å². The zero-order valence-corrected chi connectivity index (χ0v) is 26.4. The molecule has 0 aromatic heterocycles. The second-order valence-corrected chi connectivity index (χ2v) is 13.5. The molecular formula is C36H47FN4O3+2. The summed E-state index contributed by atoms with van der Waals surface area (Å²) < 4.78 is 27.2. The van der Waals surface area contributed by atoms with Crippen LogP contribution in [0.5, 0.6) is 11.5 Å². The van der Waals surface area contributed by atoms with Gasteiger partial charge in [-0.2, -0.15) is 0 Å². The SMILES string of the molecule is CC(C)(C)c1ccc(-c2cc(C(=O)N3CCC(Oc4cc(F)cc(N5CC[NH2+]CC5)c4)CC3)ccc2O[C@H]2CC[NH2+]C2)cc1. The maximum absolute atomic E-state index is 14.5. The third kappa shape index (κ3) is 7.19. The highest BCUT2D eigenvalue weighted by Gasteiger charge is 2.27. The predicted molar refractivity (Wildman–Crippen MR) is 171 cm³/mol. The van der Waals surface area contributed by atoms with E-state index >= 15 is 0 Å². The molecule has 0 bridgehead atoms. The van der Waals surface area contributed by atoms with Crippen molar-refractivity contribution < 1.29 is 29.3 Å². The van der Waals surface area contributed by atoms with Crippen molar-refractivity contribution >= 4 is 11.6 Å². The molecule has 1 amide bonds. The number of hydrogen-bond acceptors (Lipinski definition) is 4. The van der Waals surface area contributed by atoms with Crippen LogP contribution in [-0.2, 0) is 5.41 Å². The Hall–Kier alpha value is -3.62.